The van der Waals surface area contributed by atoms with Crippen LogP contribution in [0.25, 0.3) is 78.7 Å². The maximum absolute atomic E-state index is 5.12. The number of nitrogens with one attached hydrogen (secondary N) is 1. The normalized spacial score (nSPS) is 13.3. The van der Waals surface area contributed by atoms with Gasteiger partial charge in [-0.15, -0.1) is 0 Å². The highest BCUT2D eigenvalue weighted by molar-refractivity contribution is 6.13. The first kappa shape index (κ1) is 39.9. The second-order valence-electron chi connectivity index (χ2n) is 16.2. The van der Waals surface area contributed by atoms with E-state index in [1.165, 1.54) is 0 Å². The van der Waals surface area contributed by atoms with Gasteiger partial charge < -0.3 is 5.32 Å². The van der Waals surface area contributed by atoms with E-state index < -0.39 is 0 Å². The Labute approximate surface area is 384 Å². The first-order valence-electron chi connectivity index (χ1n) is 22.1. The van der Waals surface area contributed by atoms with Crippen molar-refractivity contribution in [2.45, 2.75) is 6.17 Å². The molecule has 1 aliphatic heterocycles. The van der Waals surface area contributed by atoms with E-state index in [0.29, 0.717) is 23.3 Å². The quantitative estimate of drug-likeness (QED) is 0.149. The molecular weight excluding hydrogens is 805 g/mol. The van der Waals surface area contributed by atoms with Crippen LogP contribution in [0.3, 0.4) is 0 Å². The van der Waals surface area contributed by atoms with Gasteiger partial charge in [-0.3, -0.25) is 0 Å². The van der Waals surface area contributed by atoms with E-state index in [1.807, 2.05) is 97.1 Å². The molecule has 0 aliphatic carbocycles. The van der Waals surface area contributed by atoms with E-state index in [2.05, 4.69) is 151 Å². The van der Waals surface area contributed by atoms with Crippen molar-refractivity contribution in [3.63, 3.8) is 0 Å². The predicted octanol–water partition coefficient (Wildman–Crippen LogP) is 14.0. The molecule has 1 N–H and O–H groups in total. The number of amidine groups is 2. The zero-order valence-electron chi connectivity index (χ0n) is 35.9. The number of aromatic nitrogens is 3. The van der Waals surface area contributed by atoms with Gasteiger partial charge in [-0.1, -0.05) is 212 Å². The summed E-state index contributed by atoms with van der Waals surface area (Å²) in [5.41, 5.74) is 14.8. The molecule has 1 unspecified atom stereocenters. The number of rotatable bonds is 10. The fourth-order valence-corrected chi connectivity index (χ4v) is 8.38. The van der Waals surface area contributed by atoms with Crippen LogP contribution in [-0.4, -0.2) is 26.6 Å². The first-order valence-corrected chi connectivity index (χ1v) is 22.1. The van der Waals surface area contributed by atoms with Crippen molar-refractivity contribution in [2.24, 2.45) is 9.98 Å². The maximum atomic E-state index is 5.12. The zero-order valence-corrected chi connectivity index (χ0v) is 35.9. The van der Waals surface area contributed by atoms with E-state index in [1.54, 1.807) is 0 Å². The molecule has 2 heterocycles. The summed E-state index contributed by atoms with van der Waals surface area (Å²) in [7, 11) is 0. The lowest BCUT2D eigenvalue weighted by Gasteiger charge is -2.23. The molecule has 0 saturated heterocycles. The van der Waals surface area contributed by atoms with Crippen LogP contribution in [0.2, 0.25) is 0 Å². The van der Waals surface area contributed by atoms with Crippen LogP contribution < -0.4 is 5.32 Å². The third-order valence-corrected chi connectivity index (χ3v) is 11.8. The molecule has 1 atom stereocenters. The SMILES string of the molecule is c1ccc(C2=NC(c3cccc(-c4cccc(-c5cccc(-c6cccc(-c7cccc(-c8nc(-c9ccccc9)nc(-c9ccccc9)n8)c7)c6)c5)c4)c3)=NC(c3ccccc3)N2)cc1. The number of hydrogen-bond donors (Lipinski definition) is 1. The smallest absolute Gasteiger partial charge is 0.164 e. The van der Waals surface area contributed by atoms with Gasteiger partial charge in [-0.2, -0.15) is 0 Å². The minimum atomic E-state index is -0.261. The number of hydrogen-bond acceptors (Lipinski definition) is 6. The molecule has 1 aromatic heterocycles. The van der Waals surface area contributed by atoms with Gasteiger partial charge in [0.2, 0.25) is 0 Å². The summed E-state index contributed by atoms with van der Waals surface area (Å²) in [6.07, 6.45) is -0.261. The number of aliphatic imine (C=N–C) groups is 2. The largest absolute Gasteiger partial charge is 0.344 e. The molecule has 0 radical (unpaired) electrons. The van der Waals surface area contributed by atoms with Crippen LogP contribution in [0.15, 0.2) is 253 Å². The summed E-state index contributed by atoms with van der Waals surface area (Å²) in [4.78, 5) is 25.0. The fourth-order valence-electron chi connectivity index (χ4n) is 8.38. The Morgan fingerprint density at radius 3 is 1.00 bits per heavy atom. The van der Waals surface area contributed by atoms with E-state index in [4.69, 9.17) is 24.9 Å². The Balaban J connectivity index is 0.883. The standard InChI is InChI=1S/C60H42N6/c1-5-18-41(19-6-1)55-61-56(42-20-7-2-8-21-42)64-59(63-55)53-34-16-32-51(39-53)49-30-14-28-47(37-49)45-26-13-27-46(36-45)48-29-15-31-50(38-48)52-33-17-35-54(40-52)60-65-57(43-22-9-3-10-23-43)62-58(66-60)44-24-11-4-12-25-44/h1-40,55H,(H,61,63,64). The molecule has 0 spiro atoms. The monoisotopic (exact) mass is 846 g/mol. The summed E-state index contributed by atoms with van der Waals surface area (Å²) in [6, 6.07) is 84.0. The van der Waals surface area contributed by atoms with Crippen molar-refractivity contribution in [1.29, 1.82) is 0 Å². The highest BCUT2D eigenvalue weighted by atomic mass is 15.2. The molecule has 1 aliphatic rings. The van der Waals surface area contributed by atoms with Crippen LogP contribution in [0.1, 0.15) is 22.9 Å². The topological polar surface area (TPSA) is 75.4 Å². The van der Waals surface area contributed by atoms with Crippen molar-refractivity contribution in [1.82, 2.24) is 20.3 Å². The summed E-state index contributed by atoms with van der Waals surface area (Å²) in [5.74, 6) is 3.41. The second kappa shape index (κ2) is 18.1. The highest BCUT2D eigenvalue weighted by Gasteiger charge is 2.21. The van der Waals surface area contributed by atoms with Gasteiger partial charge >= 0.3 is 0 Å². The molecule has 6 heteroatoms. The summed E-state index contributed by atoms with van der Waals surface area (Å²) in [5, 5.41) is 3.56. The molecule has 0 fully saturated rings. The highest BCUT2D eigenvalue weighted by Crippen LogP contribution is 2.34. The van der Waals surface area contributed by atoms with Gasteiger partial charge in [0.25, 0.3) is 0 Å². The van der Waals surface area contributed by atoms with Crippen LogP contribution in [0.5, 0.6) is 0 Å². The Morgan fingerprint density at radius 1 is 0.273 bits per heavy atom. The van der Waals surface area contributed by atoms with Gasteiger partial charge in [-0.05, 0) is 80.4 Å². The van der Waals surface area contributed by atoms with Crippen LogP contribution in [0, 0.1) is 0 Å². The van der Waals surface area contributed by atoms with Gasteiger partial charge in [0.05, 0.1) is 0 Å². The van der Waals surface area contributed by atoms with E-state index in [-0.39, 0.29) is 6.17 Å². The van der Waals surface area contributed by atoms with Gasteiger partial charge in [0.1, 0.15) is 12.0 Å². The molecule has 9 aromatic carbocycles. The first-order chi connectivity index (χ1) is 32.7. The molecule has 312 valence electrons. The van der Waals surface area contributed by atoms with Crippen molar-refractivity contribution in [3.05, 3.63) is 259 Å². The molecular formula is C60H42N6. The molecule has 6 nitrogen and oxygen atoms in total. The molecule has 66 heavy (non-hydrogen) atoms. The average Bonchev–Trinajstić information content (AvgIpc) is 3.42. The van der Waals surface area contributed by atoms with Crippen molar-refractivity contribution >= 4 is 11.7 Å². The summed E-state index contributed by atoms with van der Waals surface area (Å²) < 4.78 is 0. The lowest BCUT2D eigenvalue weighted by Crippen LogP contribution is -2.33. The van der Waals surface area contributed by atoms with E-state index in [0.717, 1.165) is 83.7 Å². The Morgan fingerprint density at radius 2 is 0.576 bits per heavy atom. The lowest BCUT2D eigenvalue weighted by atomic mass is 9.94. The molecule has 0 amide bonds. The minimum absolute atomic E-state index is 0.261. The average molecular weight is 847 g/mol. The van der Waals surface area contributed by atoms with Gasteiger partial charge in [0.15, 0.2) is 23.3 Å². The number of nitrogens with zero attached hydrogens (tertiary/aromatic N) is 5. The van der Waals surface area contributed by atoms with Gasteiger partial charge in [-0.25, -0.2) is 24.9 Å². The number of benzene rings is 9. The van der Waals surface area contributed by atoms with E-state index in [9.17, 15) is 0 Å². The fraction of sp³-hybridized carbons (Fsp3) is 0.0167. The van der Waals surface area contributed by atoms with Crippen LogP contribution in [0.4, 0.5) is 0 Å². The summed E-state index contributed by atoms with van der Waals surface area (Å²) >= 11 is 0. The molecule has 11 rings (SSSR count). The Bertz CT molecular complexity index is 3330. The van der Waals surface area contributed by atoms with Crippen molar-refractivity contribution in [2.75, 3.05) is 0 Å². The molecule has 10 aromatic rings. The van der Waals surface area contributed by atoms with E-state index >= 15 is 0 Å². The minimum Gasteiger partial charge on any atom is -0.344 e. The van der Waals surface area contributed by atoms with Crippen LogP contribution >= 0.6 is 0 Å². The van der Waals surface area contributed by atoms with Crippen molar-refractivity contribution < 1.29 is 0 Å². The predicted molar refractivity (Wildman–Crippen MR) is 270 cm³/mol. The molecule has 0 bridgehead atoms. The Kier molecular flexibility index (Phi) is 10.9. The van der Waals surface area contributed by atoms with Gasteiger partial charge in [0, 0.05) is 27.8 Å². The zero-order chi connectivity index (χ0) is 44.1. The Hall–Kier alpha value is -8.87. The van der Waals surface area contributed by atoms with Crippen LogP contribution in [-0.2, 0) is 0 Å². The maximum Gasteiger partial charge on any atom is 0.164 e. The molecule has 0 saturated carbocycles. The third kappa shape index (κ3) is 8.59. The van der Waals surface area contributed by atoms with Crippen molar-refractivity contribution in [3.8, 4) is 78.7 Å². The lowest BCUT2D eigenvalue weighted by molar-refractivity contribution is 0.674. The summed E-state index contributed by atoms with van der Waals surface area (Å²) in [6.45, 7) is 0. The second-order valence-corrected chi connectivity index (χ2v) is 16.2. The third-order valence-electron chi connectivity index (χ3n) is 11.8.